The number of aromatic carboxylic acids is 1. The Morgan fingerprint density at radius 3 is 2.60 bits per heavy atom. The molecular formula is C14H14N2O4. The van der Waals surface area contributed by atoms with Crippen LogP contribution in [0.25, 0.3) is 0 Å². The first-order valence-electron chi connectivity index (χ1n) is 5.97. The van der Waals surface area contributed by atoms with Crippen molar-refractivity contribution in [1.82, 2.24) is 9.88 Å². The van der Waals surface area contributed by atoms with E-state index in [9.17, 15) is 9.59 Å². The van der Waals surface area contributed by atoms with E-state index in [-0.39, 0.29) is 17.2 Å². The van der Waals surface area contributed by atoms with E-state index < -0.39 is 5.97 Å². The van der Waals surface area contributed by atoms with E-state index >= 15 is 0 Å². The molecule has 6 nitrogen and oxygen atoms in total. The normalized spacial score (nSPS) is 10.3. The largest absolute Gasteiger partial charge is 0.478 e. The van der Waals surface area contributed by atoms with Crippen LogP contribution in [-0.4, -0.2) is 33.9 Å². The van der Waals surface area contributed by atoms with Gasteiger partial charge in [0.25, 0.3) is 5.91 Å². The van der Waals surface area contributed by atoms with E-state index in [2.05, 4.69) is 4.98 Å². The second-order valence-electron chi connectivity index (χ2n) is 4.40. The fraction of sp³-hybridized carbons (Fsp3) is 0.214. The lowest BCUT2D eigenvalue weighted by molar-refractivity contribution is 0.0694. The molecule has 0 saturated carbocycles. The molecule has 2 aromatic rings. The number of amides is 1. The van der Waals surface area contributed by atoms with Crippen molar-refractivity contribution >= 4 is 11.9 Å². The Balaban J connectivity index is 2.10. The van der Waals surface area contributed by atoms with Gasteiger partial charge in [0.05, 0.1) is 11.8 Å². The second kappa shape index (κ2) is 5.56. The van der Waals surface area contributed by atoms with Crippen molar-refractivity contribution < 1.29 is 19.1 Å². The number of rotatable bonds is 4. The third-order valence-electron chi connectivity index (χ3n) is 2.95. The monoisotopic (exact) mass is 274 g/mol. The fourth-order valence-corrected chi connectivity index (χ4v) is 1.75. The van der Waals surface area contributed by atoms with Crippen LogP contribution in [0.1, 0.15) is 32.2 Å². The highest BCUT2D eigenvalue weighted by molar-refractivity contribution is 5.93. The van der Waals surface area contributed by atoms with Gasteiger partial charge in [-0.25, -0.2) is 4.79 Å². The molecule has 2 rings (SSSR count). The summed E-state index contributed by atoms with van der Waals surface area (Å²) in [5, 5.41) is 8.78. The van der Waals surface area contributed by atoms with Crippen molar-refractivity contribution in [3.63, 3.8) is 0 Å². The molecule has 6 heteroatoms. The van der Waals surface area contributed by atoms with Gasteiger partial charge in [-0.3, -0.25) is 9.78 Å². The van der Waals surface area contributed by atoms with Crippen molar-refractivity contribution in [3.8, 4) is 0 Å². The minimum Gasteiger partial charge on any atom is -0.478 e. The smallest absolute Gasteiger partial charge is 0.337 e. The molecule has 104 valence electrons. The van der Waals surface area contributed by atoms with Crippen molar-refractivity contribution in [1.29, 1.82) is 0 Å². The predicted molar refractivity (Wildman–Crippen MR) is 70.4 cm³/mol. The van der Waals surface area contributed by atoms with Crippen LogP contribution in [0.5, 0.6) is 0 Å². The van der Waals surface area contributed by atoms with Crippen LogP contribution in [0.15, 0.2) is 35.1 Å². The maximum absolute atomic E-state index is 12.1. The zero-order valence-electron chi connectivity index (χ0n) is 11.2. The van der Waals surface area contributed by atoms with Crippen LogP contribution in [0, 0.1) is 6.92 Å². The van der Waals surface area contributed by atoms with Gasteiger partial charge >= 0.3 is 5.97 Å². The number of pyridine rings is 1. The van der Waals surface area contributed by atoms with E-state index in [1.54, 1.807) is 19.4 Å². The summed E-state index contributed by atoms with van der Waals surface area (Å²) < 4.78 is 5.17. The predicted octanol–water partition coefficient (Wildman–Crippen LogP) is 1.95. The molecule has 0 saturated heterocycles. The highest BCUT2D eigenvalue weighted by atomic mass is 16.4. The summed E-state index contributed by atoms with van der Waals surface area (Å²) in [6.45, 7) is 2.23. The highest BCUT2D eigenvalue weighted by Gasteiger charge is 2.15. The van der Waals surface area contributed by atoms with E-state index in [4.69, 9.17) is 9.52 Å². The van der Waals surface area contributed by atoms with E-state index in [1.807, 2.05) is 6.92 Å². The average Bonchev–Trinajstić information content (AvgIpc) is 2.83. The van der Waals surface area contributed by atoms with Crippen LogP contribution >= 0.6 is 0 Å². The van der Waals surface area contributed by atoms with Crippen molar-refractivity contribution in [2.24, 2.45) is 0 Å². The molecule has 0 fully saturated rings. The van der Waals surface area contributed by atoms with Crippen LogP contribution < -0.4 is 0 Å². The maximum atomic E-state index is 12.1. The molecule has 0 atom stereocenters. The van der Waals surface area contributed by atoms with Crippen molar-refractivity contribution in [3.05, 3.63) is 53.2 Å². The Labute approximate surface area is 115 Å². The third kappa shape index (κ3) is 2.85. The van der Waals surface area contributed by atoms with Crippen LogP contribution in [0.4, 0.5) is 0 Å². The Kier molecular flexibility index (Phi) is 3.84. The molecule has 0 spiro atoms. The molecular weight excluding hydrogens is 260 g/mol. The Morgan fingerprint density at radius 1 is 1.35 bits per heavy atom. The van der Waals surface area contributed by atoms with Gasteiger partial charge in [0.1, 0.15) is 11.5 Å². The minimum atomic E-state index is -1.07. The molecule has 2 heterocycles. The number of furan rings is 1. The Morgan fingerprint density at radius 2 is 2.10 bits per heavy atom. The van der Waals surface area contributed by atoms with Gasteiger partial charge in [-0.1, -0.05) is 0 Å². The summed E-state index contributed by atoms with van der Waals surface area (Å²) in [6.07, 6.45) is 2.75. The number of carboxylic acid groups (broad SMARTS) is 1. The number of carbonyl (C=O) groups is 2. The topological polar surface area (TPSA) is 83.6 Å². The van der Waals surface area contributed by atoms with Crippen molar-refractivity contribution in [2.45, 2.75) is 13.5 Å². The average molecular weight is 274 g/mol. The summed E-state index contributed by atoms with van der Waals surface area (Å²) in [6, 6.07) is 4.57. The van der Waals surface area contributed by atoms with E-state index in [0.29, 0.717) is 6.54 Å². The number of hydrogen-bond acceptors (Lipinski definition) is 4. The van der Waals surface area contributed by atoms with Crippen LogP contribution in [0.2, 0.25) is 0 Å². The third-order valence-corrected chi connectivity index (χ3v) is 2.95. The second-order valence-corrected chi connectivity index (χ2v) is 4.40. The first-order chi connectivity index (χ1) is 9.49. The zero-order chi connectivity index (χ0) is 14.7. The van der Waals surface area contributed by atoms with Gasteiger partial charge < -0.3 is 14.4 Å². The summed E-state index contributed by atoms with van der Waals surface area (Å²) >= 11 is 0. The number of carboxylic acids is 1. The molecule has 2 aromatic heterocycles. The number of aromatic nitrogens is 1. The van der Waals surface area contributed by atoms with E-state index in [1.165, 1.54) is 23.2 Å². The standard InChI is InChI=1S/C14H14N2O4/c1-9-11(5-6-20-9)8-16(2)13(17)12-4-3-10(7-15-12)14(18)19/h3-7H,8H2,1-2H3,(H,18,19). The highest BCUT2D eigenvalue weighted by Crippen LogP contribution is 2.12. The molecule has 1 N–H and O–H groups in total. The molecule has 20 heavy (non-hydrogen) atoms. The van der Waals surface area contributed by atoms with E-state index in [0.717, 1.165) is 11.3 Å². The minimum absolute atomic E-state index is 0.0508. The molecule has 0 radical (unpaired) electrons. The van der Waals surface area contributed by atoms with Gasteiger partial charge in [-0.2, -0.15) is 0 Å². The number of hydrogen-bond donors (Lipinski definition) is 1. The number of carbonyl (C=O) groups excluding carboxylic acids is 1. The Hall–Kier alpha value is -2.63. The fourth-order valence-electron chi connectivity index (χ4n) is 1.75. The first kappa shape index (κ1) is 13.8. The SMILES string of the molecule is Cc1occc1CN(C)C(=O)c1ccc(C(=O)O)cn1. The molecule has 0 bridgehead atoms. The molecule has 0 aromatic carbocycles. The van der Waals surface area contributed by atoms with Crippen LogP contribution in [0.3, 0.4) is 0 Å². The lowest BCUT2D eigenvalue weighted by atomic mass is 10.2. The number of nitrogens with zero attached hydrogens (tertiary/aromatic N) is 2. The molecule has 0 aliphatic carbocycles. The van der Waals surface area contributed by atoms with Crippen LogP contribution in [-0.2, 0) is 6.54 Å². The van der Waals surface area contributed by atoms with Gasteiger partial charge in [-0.05, 0) is 25.1 Å². The molecule has 0 aliphatic heterocycles. The lowest BCUT2D eigenvalue weighted by Crippen LogP contribution is -2.27. The summed E-state index contributed by atoms with van der Waals surface area (Å²) in [4.78, 5) is 28.2. The molecule has 0 aliphatic rings. The van der Waals surface area contributed by atoms with Crippen molar-refractivity contribution in [2.75, 3.05) is 7.05 Å². The summed E-state index contributed by atoms with van der Waals surface area (Å²) in [5.74, 6) is -0.583. The van der Waals surface area contributed by atoms with Gasteiger partial charge in [0.15, 0.2) is 0 Å². The zero-order valence-corrected chi connectivity index (χ0v) is 11.2. The molecule has 0 unspecified atom stereocenters. The lowest BCUT2D eigenvalue weighted by Gasteiger charge is -2.16. The van der Waals surface area contributed by atoms with Gasteiger partial charge in [0.2, 0.25) is 0 Å². The quantitative estimate of drug-likeness (QED) is 0.921. The van der Waals surface area contributed by atoms with Gasteiger partial charge in [-0.15, -0.1) is 0 Å². The number of aryl methyl sites for hydroxylation is 1. The summed E-state index contributed by atoms with van der Waals surface area (Å²) in [7, 11) is 1.65. The summed E-state index contributed by atoms with van der Waals surface area (Å²) in [5.41, 5.74) is 1.18. The molecule has 1 amide bonds. The first-order valence-corrected chi connectivity index (χ1v) is 5.97. The Bertz CT molecular complexity index is 631. The van der Waals surface area contributed by atoms with Gasteiger partial charge in [0, 0.05) is 25.4 Å². The maximum Gasteiger partial charge on any atom is 0.337 e.